The van der Waals surface area contributed by atoms with E-state index in [9.17, 15) is 27.6 Å². The number of Topliss-reactive ketones (excluding diaryl/α,β-unsaturated/α-hetero) is 1. The molecule has 2 rings (SSSR count). The third-order valence-corrected chi connectivity index (χ3v) is 3.28. The zero-order valence-corrected chi connectivity index (χ0v) is 12.6. The number of benzene rings is 1. The first-order chi connectivity index (χ1) is 11.2. The molecular weight excluding hydrogens is 330 g/mol. The largest absolute Gasteiger partial charge is 0.619 e. The number of aryl methyl sites for hydroxylation is 1. The quantitative estimate of drug-likeness (QED) is 0.658. The average molecular weight is 343 g/mol. The predicted octanol–water partition coefficient (Wildman–Crippen LogP) is 1.29. The lowest BCUT2D eigenvalue weighted by Gasteiger charge is -2.25. The molecule has 1 aromatic rings. The molecule has 0 radical (unpaired) electrons. The van der Waals surface area contributed by atoms with E-state index in [0.29, 0.717) is 0 Å². The van der Waals surface area contributed by atoms with Crippen LogP contribution in [-0.4, -0.2) is 44.1 Å². The van der Waals surface area contributed by atoms with Crippen molar-refractivity contribution >= 4 is 24.8 Å². The molecule has 1 fully saturated rings. The summed E-state index contributed by atoms with van der Waals surface area (Å²) in [4.78, 5) is 35.2. The van der Waals surface area contributed by atoms with Crippen LogP contribution in [0.5, 0.6) is 0 Å². The molecule has 10 heteroatoms. The van der Waals surface area contributed by atoms with Gasteiger partial charge in [-0.15, -0.1) is 0 Å². The van der Waals surface area contributed by atoms with E-state index >= 15 is 0 Å². The van der Waals surface area contributed by atoms with Crippen molar-refractivity contribution in [3.63, 3.8) is 0 Å². The number of carbonyl (C=O) groups excluding carboxylic acids is 3. The smallest absolute Gasteiger partial charge is 0.498 e. The summed E-state index contributed by atoms with van der Waals surface area (Å²) in [7, 11) is -2.36. The number of alkyl halides is 3. The summed E-state index contributed by atoms with van der Waals surface area (Å²) in [5, 5.41) is 2.34. The molecule has 0 saturated carbocycles. The van der Waals surface area contributed by atoms with Crippen LogP contribution in [0, 0.1) is 6.92 Å². The highest BCUT2D eigenvalue weighted by Gasteiger charge is 2.58. The number of carbonyl (C=O) groups is 3. The Bertz CT molecular complexity index is 629. The second kappa shape index (κ2) is 7.04. The number of ketones is 1. The Morgan fingerprint density at radius 3 is 2.08 bits per heavy atom. The fourth-order valence-electron chi connectivity index (χ4n) is 2.09. The van der Waals surface area contributed by atoms with Gasteiger partial charge in [-0.1, -0.05) is 29.8 Å². The normalized spacial score (nSPS) is 17.4. The highest BCUT2D eigenvalue weighted by atomic mass is 19.4. The molecule has 1 unspecified atom stereocenters. The van der Waals surface area contributed by atoms with Gasteiger partial charge in [-0.25, -0.2) is 0 Å². The van der Waals surface area contributed by atoms with Crippen molar-refractivity contribution in [2.24, 2.45) is 0 Å². The fraction of sp³-hybridized carbons (Fsp3) is 0.357. The van der Waals surface area contributed by atoms with Gasteiger partial charge in [0.25, 0.3) is 0 Å². The Hall–Kier alpha value is -2.36. The van der Waals surface area contributed by atoms with Crippen molar-refractivity contribution in [2.75, 3.05) is 13.1 Å². The van der Waals surface area contributed by atoms with Crippen LogP contribution in [0.25, 0.3) is 0 Å². The summed E-state index contributed by atoms with van der Waals surface area (Å²) in [5.74, 6) is -6.26. The fourth-order valence-corrected chi connectivity index (χ4v) is 2.09. The van der Waals surface area contributed by atoms with Gasteiger partial charge in [0, 0.05) is 5.56 Å². The van der Waals surface area contributed by atoms with Crippen molar-refractivity contribution in [3.8, 4) is 0 Å². The minimum atomic E-state index is -5.07. The molecule has 1 aliphatic rings. The molecule has 0 amide bonds. The van der Waals surface area contributed by atoms with Crippen LogP contribution in [0.3, 0.4) is 0 Å². The van der Waals surface area contributed by atoms with E-state index in [1.165, 1.54) is 24.3 Å². The standard InChI is InChI=1S/C14H13BF3NO5/c1-8-2-4-9(5-3-8)12(22)13(14(16,17)18)15-23-10(20)6-19-7-11(21)24-15/h2-5,13,19H,6-7H2,1H3. The van der Waals surface area contributed by atoms with Crippen LogP contribution >= 0.6 is 0 Å². The van der Waals surface area contributed by atoms with Gasteiger partial charge in [0.05, 0.1) is 13.1 Å². The van der Waals surface area contributed by atoms with Crippen LogP contribution in [0.4, 0.5) is 13.2 Å². The van der Waals surface area contributed by atoms with Crippen LogP contribution in [-0.2, 0) is 18.9 Å². The lowest BCUT2D eigenvalue weighted by Crippen LogP contribution is -2.49. The maximum atomic E-state index is 13.4. The van der Waals surface area contributed by atoms with Crippen LogP contribution in [0.2, 0.25) is 5.82 Å². The van der Waals surface area contributed by atoms with Crippen LogP contribution in [0.1, 0.15) is 15.9 Å². The molecule has 0 aliphatic carbocycles. The van der Waals surface area contributed by atoms with Crippen LogP contribution < -0.4 is 5.32 Å². The Labute approximate surface area is 135 Å². The summed E-state index contributed by atoms with van der Waals surface area (Å²) in [6.07, 6.45) is -5.07. The molecule has 128 valence electrons. The second-order valence-electron chi connectivity index (χ2n) is 5.20. The van der Waals surface area contributed by atoms with E-state index in [4.69, 9.17) is 0 Å². The number of halogens is 3. The molecule has 1 N–H and O–H groups in total. The van der Waals surface area contributed by atoms with Crippen molar-refractivity contribution in [3.05, 3.63) is 35.4 Å². The van der Waals surface area contributed by atoms with Gasteiger partial charge in [-0.3, -0.25) is 19.7 Å². The van der Waals surface area contributed by atoms with Crippen molar-refractivity contribution in [1.82, 2.24) is 5.32 Å². The number of hydrogen-bond acceptors (Lipinski definition) is 6. The third-order valence-electron chi connectivity index (χ3n) is 3.28. The molecule has 24 heavy (non-hydrogen) atoms. The average Bonchev–Trinajstić information content (AvgIpc) is 2.44. The van der Waals surface area contributed by atoms with Gasteiger partial charge in [-0.2, -0.15) is 13.2 Å². The highest BCUT2D eigenvalue weighted by molar-refractivity contribution is 6.57. The summed E-state index contributed by atoms with van der Waals surface area (Å²) in [6.45, 7) is 0.782. The zero-order chi connectivity index (χ0) is 17.9. The molecule has 6 nitrogen and oxygen atoms in total. The first-order valence-corrected chi connectivity index (χ1v) is 6.96. The third kappa shape index (κ3) is 4.35. The van der Waals surface area contributed by atoms with E-state index in [1.807, 2.05) is 0 Å². The molecule has 1 saturated heterocycles. The highest BCUT2D eigenvalue weighted by Crippen LogP contribution is 2.37. The Kier molecular flexibility index (Phi) is 5.28. The Balaban J connectivity index is 2.35. The van der Waals surface area contributed by atoms with Gasteiger partial charge in [0.1, 0.15) is 0 Å². The lowest BCUT2D eigenvalue weighted by molar-refractivity contribution is -0.147. The number of nitrogens with one attached hydrogen (secondary N) is 1. The topological polar surface area (TPSA) is 81.7 Å². The molecule has 1 aliphatic heterocycles. The van der Waals surface area contributed by atoms with E-state index in [2.05, 4.69) is 14.6 Å². The maximum Gasteiger partial charge on any atom is 0.619 e. The first-order valence-electron chi connectivity index (χ1n) is 6.96. The van der Waals surface area contributed by atoms with Crippen molar-refractivity contribution in [1.29, 1.82) is 0 Å². The Morgan fingerprint density at radius 1 is 1.12 bits per heavy atom. The van der Waals surface area contributed by atoms with Gasteiger partial charge in [0.2, 0.25) is 0 Å². The summed E-state index contributed by atoms with van der Waals surface area (Å²) in [6, 6.07) is 5.40. The lowest BCUT2D eigenvalue weighted by atomic mass is 9.67. The zero-order valence-electron chi connectivity index (χ0n) is 12.6. The summed E-state index contributed by atoms with van der Waals surface area (Å²) < 4.78 is 49.2. The maximum absolute atomic E-state index is 13.4. The summed E-state index contributed by atoms with van der Waals surface area (Å²) in [5.41, 5.74) is 0.528. The minimum Gasteiger partial charge on any atom is -0.498 e. The van der Waals surface area contributed by atoms with E-state index in [-0.39, 0.29) is 5.56 Å². The molecule has 1 atom stereocenters. The molecule has 0 spiro atoms. The van der Waals surface area contributed by atoms with Gasteiger partial charge in [0.15, 0.2) is 11.6 Å². The summed E-state index contributed by atoms with van der Waals surface area (Å²) >= 11 is 0. The molecule has 1 heterocycles. The molecular formula is C14H13BF3NO5. The van der Waals surface area contributed by atoms with Gasteiger partial charge >= 0.3 is 25.2 Å². The van der Waals surface area contributed by atoms with Crippen molar-refractivity contribution in [2.45, 2.75) is 18.9 Å². The van der Waals surface area contributed by atoms with Gasteiger partial charge < -0.3 is 9.31 Å². The molecule has 0 bridgehead atoms. The minimum absolute atomic E-state index is 0.227. The van der Waals surface area contributed by atoms with Crippen LogP contribution in [0.15, 0.2) is 24.3 Å². The van der Waals surface area contributed by atoms with E-state index < -0.39 is 49.9 Å². The second-order valence-corrected chi connectivity index (χ2v) is 5.20. The Morgan fingerprint density at radius 2 is 1.62 bits per heavy atom. The molecule has 0 aromatic heterocycles. The van der Waals surface area contributed by atoms with Crippen molar-refractivity contribution < 1.29 is 36.9 Å². The first kappa shape index (κ1) is 18.0. The van der Waals surface area contributed by atoms with E-state index in [0.717, 1.165) is 5.56 Å². The predicted molar refractivity (Wildman–Crippen MR) is 76.1 cm³/mol. The SMILES string of the molecule is Cc1ccc(C(=O)C(B2OC(=O)CNCC(=O)O2)C(F)(F)F)cc1. The number of hydrogen-bond donors (Lipinski definition) is 1. The monoisotopic (exact) mass is 343 g/mol. The molecule has 1 aromatic carbocycles. The van der Waals surface area contributed by atoms with Gasteiger partial charge in [-0.05, 0) is 6.92 Å². The number of rotatable bonds is 3. The van der Waals surface area contributed by atoms with E-state index in [1.54, 1.807) is 6.92 Å².